The molecule has 0 unspecified atom stereocenters. The summed E-state index contributed by atoms with van der Waals surface area (Å²) in [5.41, 5.74) is -0.512. The molecule has 1 saturated heterocycles. The molecule has 0 spiro atoms. The van der Waals surface area contributed by atoms with Crippen LogP contribution < -0.4 is 4.74 Å². The van der Waals surface area contributed by atoms with Gasteiger partial charge in [-0.05, 0) is 32.9 Å². The Hall–Kier alpha value is -1.49. The van der Waals surface area contributed by atoms with Gasteiger partial charge in [-0.15, -0.1) is 0 Å². The van der Waals surface area contributed by atoms with Crippen molar-refractivity contribution in [1.29, 1.82) is 0 Å². The Morgan fingerprint density at radius 3 is 2.60 bits per heavy atom. The molecule has 0 atom stereocenters. The van der Waals surface area contributed by atoms with Crippen LogP contribution in [0.3, 0.4) is 0 Å². The summed E-state index contributed by atoms with van der Waals surface area (Å²) in [6.45, 7) is 6.30. The van der Waals surface area contributed by atoms with Crippen molar-refractivity contribution < 1.29 is 18.7 Å². The van der Waals surface area contributed by atoms with E-state index in [0.717, 1.165) is 0 Å². The minimum atomic E-state index is -0.521. The van der Waals surface area contributed by atoms with Gasteiger partial charge in [-0.25, -0.2) is 9.18 Å². The SMILES string of the molecule is CC(C)(C)OC(=O)N1CC(Oc2ccc(Cl)c(F)c2)C1. The third-order valence-corrected chi connectivity index (χ3v) is 3.00. The van der Waals surface area contributed by atoms with Crippen LogP contribution in [0, 0.1) is 5.82 Å². The maximum Gasteiger partial charge on any atom is 0.410 e. The minimum absolute atomic E-state index is 0.0568. The lowest BCUT2D eigenvalue weighted by Crippen LogP contribution is -2.57. The number of likely N-dealkylation sites (tertiary alicyclic amines) is 1. The van der Waals surface area contributed by atoms with Gasteiger partial charge in [0.05, 0.1) is 18.1 Å². The average Bonchev–Trinajstić information content (AvgIpc) is 2.25. The summed E-state index contributed by atoms with van der Waals surface area (Å²) in [6, 6.07) is 4.27. The van der Waals surface area contributed by atoms with Crippen molar-refractivity contribution in [2.24, 2.45) is 0 Å². The number of hydrogen-bond acceptors (Lipinski definition) is 3. The van der Waals surface area contributed by atoms with Gasteiger partial charge in [0.15, 0.2) is 0 Å². The maximum atomic E-state index is 13.2. The maximum absolute atomic E-state index is 13.2. The van der Waals surface area contributed by atoms with Crippen LogP contribution in [0.5, 0.6) is 5.75 Å². The summed E-state index contributed by atoms with van der Waals surface area (Å²) >= 11 is 5.59. The molecule has 1 aromatic carbocycles. The third-order valence-electron chi connectivity index (χ3n) is 2.69. The van der Waals surface area contributed by atoms with Crippen LogP contribution in [-0.4, -0.2) is 35.8 Å². The van der Waals surface area contributed by atoms with Crippen LogP contribution in [0.15, 0.2) is 18.2 Å². The quantitative estimate of drug-likeness (QED) is 0.839. The minimum Gasteiger partial charge on any atom is -0.487 e. The molecule has 0 N–H and O–H groups in total. The van der Waals surface area contributed by atoms with Gasteiger partial charge in [0.1, 0.15) is 23.3 Å². The Kier molecular flexibility index (Phi) is 4.09. The zero-order chi connectivity index (χ0) is 14.9. The molecule has 0 bridgehead atoms. The van der Waals surface area contributed by atoms with Gasteiger partial charge in [-0.2, -0.15) is 0 Å². The summed E-state index contributed by atoms with van der Waals surface area (Å²) in [4.78, 5) is 13.3. The first-order valence-corrected chi connectivity index (χ1v) is 6.72. The van der Waals surface area contributed by atoms with E-state index in [2.05, 4.69) is 0 Å². The average molecular weight is 302 g/mol. The number of rotatable bonds is 2. The number of benzene rings is 1. The predicted molar refractivity (Wildman–Crippen MR) is 73.6 cm³/mol. The van der Waals surface area contributed by atoms with Gasteiger partial charge in [0.2, 0.25) is 0 Å². The molecular formula is C14H17ClFNO3. The molecular weight excluding hydrogens is 285 g/mol. The highest BCUT2D eigenvalue weighted by molar-refractivity contribution is 6.30. The monoisotopic (exact) mass is 301 g/mol. The lowest BCUT2D eigenvalue weighted by atomic mass is 10.1. The first kappa shape index (κ1) is 14.9. The van der Waals surface area contributed by atoms with Crippen LogP contribution in [0.1, 0.15) is 20.8 Å². The summed E-state index contributed by atoms with van der Waals surface area (Å²) in [5.74, 6) is -0.117. The molecule has 0 radical (unpaired) electrons. The second-order valence-electron chi connectivity index (χ2n) is 5.70. The number of amides is 1. The molecule has 1 fully saturated rings. The first-order valence-electron chi connectivity index (χ1n) is 6.34. The van der Waals surface area contributed by atoms with E-state index >= 15 is 0 Å². The zero-order valence-electron chi connectivity index (χ0n) is 11.7. The van der Waals surface area contributed by atoms with E-state index in [4.69, 9.17) is 21.1 Å². The summed E-state index contributed by atoms with van der Waals surface area (Å²) in [5, 5.41) is 0.0568. The van der Waals surface area contributed by atoms with E-state index in [1.54, 1.807) is 11.0 Å². The topological polar surface area (TPSA) is 38.8 Å². The molecule has 1 amide bonds. The van der Waals surface area contributed by atoms with Crippen molar-refractivity contribution in [2.45, 2.75) is 32.5 Å². The molecule has 1 aromatic rings. The Bertz CT molecular complexity index is 510. The summed E-state index contributed by atoms with van der Waals surface area (Å²) in [6.07, 6.45) is -0.511. The fourth-order valence-corrected chi connectivity index (χ4v) is 1.85. The lowest BCUT2D eigenvalue weighted by molar-refractivity contribution is -0.0222. The number of ether oxygens (including phenoxy) is 2. The van der Waals surface area contributed by atoms with Crippen LogP contribution >= 0.6 is 11.6 Å². The van der Waals surface area contributed by atoms with Crippen molar-refractivity contribution in [1.82, 2.24) is 4.90 Å². The van der Waals surface area contributed by atoms with Crippen LogP contribution in [0.25, 0.3) is 0 Å². The second-order valence-corrected chi connectivity index (χ2v) is 6.11. The third kappa shape index (κ3) is 3.76. The van der Waals surface area contributed by atoms with Crippen molar-refractivity contribution in [3.63, 3.8) is 0 Å². The standard InChI is InChI=1S/C14H17ClFNO3/c1-14(2,3)20-13(18)17-7-10(8-17)19-9-4-5-11(15)12(16)6-9/h4-6,10H,7-8H2,1-3H3. The smallest absolute Gasteiger partial charge is 0.410 e. The fourth-order valence-electron chi connectivity index (χ4n) is 1.73. The highest BCUT2D eigenvalue weighted by Crippen LogP contribution is 2.24. The molecule has 110 valence electrons. The number of halogens is 2. The number of nitrogens with zero attached hydrogens (tertiary/aromatic N) is 1. The highest BCUT2D eigenvalue weighted by Gasteiger charge is 2.35. The van der Waals surface area contributed by atoms with Crippen LogP contribution in [0.4, 0.5) is 9.18 Å². The summed E-state index contributed by atoms with van der Waals surface area (Å²) in [7, 11) is 0. The molecule has 20 heavy (non-hydrogen) atoms. The molecule has 6 heteroatoms. The van der Waals surface area contributed by atoms with E-state index in [9.17, 15) is 9.18 Å². The van der Waals surface area contributed by atoms with Gasteiger partial charge in [0.25, 0.3) is 0 Å². The van der Waals surface area contributed by atoms with E-state index in [-0.39, 0.29) is 17.2 Å². The molecule has 1 heterocycles. The van der Waals surface area contributed by atoms with Crippen molar-refractivity contribution in [3.05, 3.63) is 29.0 Å². The van der Waals surface area contributed by atoms with E-state index in [1.807, 2.05) is 20.8 Å². The van der Waals surface area contributed by atoms with Gasteiger partial charge < -0.3 is 14.4 Å². The zero-order valence-corrected chi connectivity index (χ0v) is 12.4. The number of carbonyl (C=O) groups is 1. The summed E-state index contributed by atoms with van der Waals surface area (Å²) < 4.78 is 24.0. The molecule has 0 saturated carbocycles. The predicted octanol–water partition coefficient (Wildman–Crippen LogP) is 3.48. The number of hydrogen-bond donors (Lipinski definition) is 0. The normalized spacial score (nSPS) is 15.8. The van der Waals surface area contributed by atoms with Crippen molar-refractivity contribution in [3.8, 4) is 5.75 Å². The fraction of sp³-hybridized carbons (Fsp3) is 0.500. The van der Waals surface area contributed by atoms with E-state index in [1.165, 1.54) is 12.1 Å². The van der Waals surface area contributed by atoms with E-state index < -0.39 is 11.4 Å². The Labute approximate surface area is 122 Å². The Morgan fingerprint density at radius 2 is 2.05 bits per heavy atom. The Balaban J connectivity index is 1.82. The Morgan fingerprint density at radius 1 is 1.40 bits per heavy atom. The highest BCUT2D eigenvalue weighted by atomic mass is 35.5. The lowest BCUT2D eigenvalue weighted by Gasteiger charge is -2.39. The van der Waals surface area contributed by atoms with Crippen LogP contribution in [0.2, 0.25) is 5.02 Å². The second kappa shape index (κ2) is 5.48. The van der Waals surface area contributed by atoms with Crippen molar-refractivity contribution >= 4 is 17.7 Å². The molecule has 0 aromatic heterocycles. The van der Waals surface area contributed by atoms with Gasteiger partial charge in [0, 0.05) is 6.07 Å². The first-order chi connectivity index (χ1) is 9.24. The molecule has 4 nitrogen and oxygen atoms in total. The van der Waals surface area contributed by atoms with Gasteiger partial charge in [-0.1, -0.05) is 11.6 Å². The van der Waals surface area contributed by atoms with E-state index in [0.29, 0.717) is 18.8 Å². The van der Waals surface area contributed by atoms with Gasteiger partial charge >= 0.3 is 6.09 Å². The van der Waals surface area contributed by atoms with Crippen molar-refractivity contribution in [2.75, 3.05) is 13.1 Å². The molecule has 1 aliphatic rings. The molecule has 2 rings (SSSR count). The number of carbonyl (C=O) groups excluding carboxylic acids is 1. The molecule has 0 aliphatic carbocycles. The molecule has 1 aliphatic heterocycles. The van der Waals surface area contributed by atoms with Gasteiger partial charge in [-0.3, -0.25) is 0 Å². The van der Waals surface area contributed by atoms with Crippen LogP contribution in [-0.2, 0) is 4.74 Å². The largest absolute Gasteiger partial charge is 0.487 e.